The summed E-state index contributed by atoms with van der Waals surface area (Å²) in [6, 6.07) is 4.96. The minimum atomic E-state index is -1.24. The Kier molecular flexibility index (Phi) is 3.89. The zero-order valence-corrected chi connectivity index (χ0v) is 11.9. The van der Waals surface area contributed by atoms with Gasteiger partial charge in [-0.3, -0.25) is 4.79 Å². The molecule has 0 aliphatic heterocycles. The van der Waals surface area contributed by atoms with E-state index in [2.05, 4.69) is 4.98 Å². The van der Waals surface area contributed by atoms with Crippen LogP contribution in [0.25, 0.3) is 10.6 Å². The molecule has 4 nitrogen and oxygen atoms in total. The van der Waals surface area contributed by atoms with Crippen LogP contribution in [0.15, 0.2) is 18.2 Å². The Labute approximate surface area is 122 Å². The molecule has 1 N–H and O–H groups in total. The summed E-state index contributed by atoms with van der Waals surface area (Å²) in [6.07, 6.45) is 0. The lowest BCUT2D eigenvalue weighted by Gasteiger charge is -2.01. The molecule has 7 heteroatoms. The topological polar surface area (TPSA) is 67.3 Å². The lowest BCUT2D eigenvalue weighted by Crippen LogP contribution is -2.03. The molecule has 0 unspecified atom stereocenters. The number of hydrogen-bond acceptors (Lipinski definition) is 4. The summed E-state index contributed by atoms with van der Waals surface area (Å²) in [5.74, 6) is -1.59. The van der Waals surface area contributed by atoms with Gasteiger partial charge in [0, 0.05) is 12.5 Å². The molecule has 0 amide bonds. The highest BCUT2D eigenvalue weighted by atomic mass is 35.5. The van der Waals surface area contributed by atoms with Crippen molar-refractivity contribution in [3.8, 4) is 10.6 Å². The van der Waals surface area contributed by atoms with E-state index in [4.69, 9.17) is 28.3 Å². The van der Waals surface area contributed by atoms with Gasteiger partial charge in [-0.2, -0.15) is 0 Å². The number of Topliss-reactive ketones (excluding diaryl/α,β-unsaturated/α-hetero) is 1. The molecule has 1 aromatic heterocycles. The van der Waals surface area contributed by atoms with Gasteiger partial charge in [0.1, 0.15) is 9.88 Å². The van der Waals surface area contributed by atoms with Crippen molar-refractivity contribution in [3.63, 3.8) is 0 Å². The molecule has 98 valence electrons. The quantitative estimate of drug-likeness (QED) is 0.869. The number of thiazole rings is 1. The van der Waals surface area contributed by atoms with Gasteiger partial charge in [-0.15, -0.1) is 11.3 Å². The van der Waals surface area contributed by atoms with Crippen LogP contribution in [0, 0.1) is 0 Å². The molecule has 0 saturated carbocycles. The van der Waals surface area contributed by atoms with Gasteiger partial charge in [0.05, 0.1) is 10.0 Å². The number of aromatic nitrogens is 1. The zero-order chi connectivity index (χ0) is 14.2. The zero-order valence-electron chi connectivity index (χ0n) is 9.61. The molecule has 19 heavy (non-hydrogen) atoms. The van der Waals surface area contributed by atoms with Gasteiger partial charge in [0.25, 0.3) is 0 Å². The molecule has 1 heterocycles. The maximum absolute atomic E-state index is 11.4. The molecular formula is C12H7Cl2NO3S. The minimum absolute atomic E-state index is 0.0959. The Bertz CT molecular complexity index is 650. The molecule has 0 aliphatic rings. The van der Waals surface area contributed by atoms with Crippen LogP contribution in [0.2, 0.25) is 10.0 Å². The highest BCUT2D eigenvalue weighted by Crippen LogP contribution is 2.36. The fraction of sp³-hybridized carbons (Fsp3) is 0.0833. The van der Waals surface area contributed by atoms with Crippen molar-refractivity contribution in [1.82, 2.24) is 4.98 Å². The van der Waals surface area contributed by atoms with Crippen LogP contribution in [0.3, 0.4) is 0 Å². The van der Waals surface area contributed by atoms with E-state index in [1.165, 1.54) is 6.92 Å². The summed E-state index contributed by atoms with van der Waals surface area (Å²) in [6.45, 7) is 1.29. The van der Waals surface area contributed by atoms with Gasteiger partial charge in [0.15, 0.2) is 11.5 Å². The van der Waals surface area contributed by atoms with E-state index in [0.717, 1.165) is 11.3 Å². The number of carbonyl (C=O) groups is 2. The van der Waals surface area contributed by atoms with Crippen molar-refractivity contribution in [2.75, 3.05) is 0 Å². The maximum Gasteiger partial charge on any atom is 0.356 e. The summed E-state index contributed by atoms with van der Waals surface area (Å²) in [5.41, 5.74) is 0.248. The van der Waals surface area contributed by atoms with Crippen LogP contribution in [0.4, 0.5) is 0 Å². The fourth-order valence-electron chi connectivity index (χ4n) is 1.49. The first kappa shape index (κ1) is 14.0. The maximum atomic E-state index is 11.4. The fourth-order valence-corrected chi connectivity index (χ4v) is 2.92. The first-order chi connectivity index (χ1) is 8.91. The Balaban J connectivity index is 2.64. The average molecular weight is 316 g/mol. The van der Waals surface area contributed by atoms with Crippen LogP contribution in [0.1, 0.15) is 27.1 Å². The Hall–Kier alpha value is -1.43. The molecule has 0 saturated heterocycles. The number of hydrogen-bond donors (Lipinski definition) is 1. The van der Waals surface area contributed by atoms with Gasteiger partial charge in [-0.05, 0) is 6.07 Å². The van der Waals surface area contributed by atoms with E-state index in [0.29, 0.717) is 15.6 Å². The molecule has 0 atom stereocenters. The van der Waals surface area contributed by atoms with Crippen LogP contribution in [-0.4, -0.2) is 21.8 Å². The lowest BCUT2D eigenvalue weighted by atomic mass is 10.2. The molecule has 0 aliphatic carbocycles. The Morgan fingerprint density at radius 1 is 1.32 bits per heavy atom. The minimum Gasteiger partial charge on any atom is -0.476 e. The number of carbonyl (C=O) groups excluding carboxylic acids is 1. The van der Waals surface area contributed by atoms with E-state index in [1.807, 2.05) is 0 Å². The number of nitrogens with zero attached hydrogens (tertiary/aromatic N) is 1. The van der Waals surface area contributed by atoms with Gasteiger partial charge in [-0.25, -0.2) is 9.78 Å². The molecule has 2 aromatic rings. The highest BCUT2D eigenvalue weighted by molar-refractivity contribution is 7.17. The number of carboxylic acids is 1. The smallest absolute Gasteiger partial charge is 0.356 e. The third kappa shape index (κ3) is 2.63. The molecule has 2 rings (SSSR count). The number of carboxylic acid groups (broad SMARTS) is 1. The summed E-state index contributed by atoms with van der Waals surface area (Å²) in [4.78, 5) is 26.5. The van der Waals surface area contributed by atoms with E-state index < -0.39 is 5.97 Å². The Morgan fingerprint density at radius 2 is 2.00 bits per heavy atom. The van der Waals surface area contributed by atoms with Crippen LogP contribution >= 0.6 is 34.5 Å². The van der Waals surface area contributed by atoms with Crippen LogP contribution < -0.4 is 0 Å². The standard InChI is InChI=1S/C12H7Cl2NO3S/c1-5(16)10-9(12(17)18)15-11(19-10)6-3-2-4-7(13)8(6)14/h2-4H,1H3,(H,17,18). The monoisotopic (exact) mass is 315 g/mol. The largest absolute Gasteiger partial charge is 0.476 e. The van der Waals surface area contributed by atoms with Crippen LogP contribution in [0.5, 0.6) is 0 Å². The number of halogens is 2. The second kappa shape index (κ2) is 5.28. The van der Waals surface area contributed by atoms with Gasteiger partial charge >= 0.3 is 5.97 Å². The van der Waals surface area contributed by atoms with Crippen molar-refractivity contribution in [2.45, 2.75) is 6.92 Å². The summed E-state index contributed by atoms with van der Waals surface area (Å²) < 4.78 is 0. The molecule has 1 aromatic carbocycles. The van der Waals surface area contributed by atoms with Crippen molar-refractivity contribution in [2.24, 2.45) is 0 Å². The van der Waals surface area contributed by atoms with Crippen molar-refractivity contribution in [3.05, 3.63) is 38.8 Å². The van der Waals surface area contributed by atoms with Crippen molar-refractivity contribution >= 4 is 46.3 Å². The molecule has 0 bridgehead atoms. The molecule has 0 spiro atoms. The number of ketones is 1. The predicted octanol–water partition coefficient (Wildman–Crippen LogP) is 4.02. The molecule has 0 radical (unpaired) electrons. The first-order valence-electron chi connectivity index (χ1n) is 5.11. The Morgan fingerprint density at radius 3 is 2.53 bits per heavy atom. The summed E-state index contributed by atoms with van der Waals surface area (Å²) >= 11 is 12.9. The van der Waals surface area contributed by atoms with Gasteiger partial charge in [0.2, 0.25) is 0 Å². The van der Waals surface area contributed by atoms with Crippen LogP contribution in [-0.2, 0) is 0 Å². The van der Waals surface area contributed by atoms with E-state index in [-0.39, 0.29) is 21.4 Å². The predicted molar refractivity (Wildman–Crippen MR) is 74.5 cm³/mol. The second-order valence-electron chi connectivity index (χ2n) is 3.66. The first-order valence-corrected chi connectivity index (χ1v) is 6.68. The van der Waals surface area contributed by atoms with E-state index in [9.17, 15) is 9.59 Å². The third-order valence-corrected chi connectivity index (χ3v) is 4.34. The van der Waals surface area contributed by atoms with Gasteiger partial charge in [-0.1, -0.05) is 35.3 Å². The van der Waals surface area contributed by atoms with E-state index in [1.54, 1.807) is 18.2 Å². The summed E-state index contributed by atoms with van der Waals surface area (Å²) in [5, 5.41) is 10.0. The molecular weight excluding hydrogens is 309 g/mol. The van der Waals surface area contributed by atoms with E-state index >= 15 is 0 Å². The SMILES string of the molecule is CC(=O)c1sc(-c2cccc(Cl)c2Cl)nc1C(=O)O. The third-order valence-electron chi connectivity index (χ3n) is 2.33. The average Bonchev–Trinajstić information content (AvgIpc) is 2.77. The lowest BCUT2D eigenvalue weighted by molar-refractivity contribution is 0.0687. The van der Waals surface area contributed by atoms with Gasteiger partial charge < -0.3 is 5.11 Å². The van der Waals surface area contributed by atoms with Crippen molar-refractivity contribution in [1.29, 1.82) is 0 Å². The normalized spacial score (nSPS) is 10.5. The summed E-state index contributed by atoms with van der Waals surface area (Å²) in [7, 11) is 0. The number of aromatic carboxylic acids is 1. The van der Waals surface area contributed by atoms with Crippen molar-refractivity contribution < 1.29 is 14.7 Å². The second-order valence-corrected chi connectivity index (χ2v) is 5.44. The molecule has 0 fully saturated rings. The number of rotatable bonds is 3. The highest BCUT2D eigenvalue weighted by Gasteiger charge is 2.22. The number of benzene rings is 1.